The zero-order chi connectivity index (χ0) is 12.1. The van der Waals surface area contributed by atoms with E-state index in [0.717, 1.165) is 5.56 Å². The van der Waals surface area contributed by atoms with E-state index < -0.39 is 0 Å². The number of amides is 1. The van der Waals surface area contributed by atoms with Crippen molar-refractivity contribution in [2.75, 3.05) is 7.11 Å². The highest BCUT2D eigenvalue weighted by Crippen LogP contribution is 2.05. The fourth-order valence-electron chi connectivity index (χ4n) is 1.37. The first-order chi connectivity index (χ1) is 8.29. The van der Waals surface area contributed by atoms with Crippen LogP contribution in [-0.2, 0) is 17.9 Å². The van der Waals surface area contributed by atoms with Crippen LogP contribution in [0.3, 0.4) is 0 Å². The molecule has 0 aromatic carbocycles. The van der Waals surface area contributed by atoms with E-state index in [4.69, 9.17) is 9.26 Å². The molecule has 2 aromatic rings. The second-order valence-electron chi connectivity index (χ2n) is 3.51. The molecule has 0 aliphatic carbocycles. The molecule has 17 heavy (non-hydrogen) atoms. The maximum Gasteiger partial charge on any atom is 0.273 e. The minimum absolute atomic E-state index is 0.257. The van der Waals surface area contributed by atoms with Crippen molar-refractivity contribution in [1.82, 2.24) is 15.5 Å². The third-order valence-corrected chi connectivity index (χ3v) is 2.19. The summed E-state index contributed by atoms with van der Waals surface area (Å²) < 4.78 is 9.79. The molecule has 0 bridgehead atoms. The Morgan fingerprint density at radius 2 is 2.53 bits per heavy atom. The van der Waals surface area contributed by atoms with E-state index in [-0.39, 0.29) is 11.6 Å². The number of hydrogen-bond acceptors (Lipinski definition) is 4. The first-order valence-electron chi connectivity index (χ1n) is 5.14. The molecule has 0 saturated carbocycles. The first kappa shape index (κ1) is 11.4. The second-order valence-corrected chi connectivity index (χ2v) is 3.51. The molecule has 2 rings (SSSR count). The van der Waals surface area contributed by atoms with Crippen LogP contribution in [0.4, 0.5) is 0 Å². The summed E-state index contributed by atoms with van der Waals surface area (Å²) in [6.45, 7) is 0.757. The predicted octanol–water partition coefficient (Wildman–Crippen LogP) is 1.08. The molecule has 6 heteroatoms. The van der Waals surface area contributed by atoms with Crippen LogP contribution in [0.15, 0.2) is 29.0 Å². The summed E-state index contributed by atoms with van der Waals surface area (Å²) in [6.07, 6.45) is 3.62. The molecule has 0 spiro atoms. The van der Waals surface area contributed by atoms with Gasteiger partial charge in [0.1, 0.15) is 6.61 Å². The Morgan fingerprint density at radius 1 is 1.65 bits per heavy atom. The standard InChI is InChI=1S/C11H13N3O3/c1-16-7-9-4-10(14-17-9)11(15)13-6-8-2-3-12-5-8/h2-5,12H,6-7H2,1H3,(H,13,15). The van der Waals surface area contributed by atoms with Gasteiger partial charge in [-0.1, -0.05) is 5.16 Å². The van der Waals surface area contributed by atoms with Gasteiger partial charge in [0.25, 0.3) is 5.91 Å². The van der Waals surface area contributed by atoms with Gasteiger partial charge in [0.2, 0.25) is 0 Å². The van der Waals surface area contributed by atoms with Gasteiger partial charge in [-0.15, -0.1) is 0 Å². The lowest BCUT2D eigenvalue weighted by molar-refractivity contribution is 0.0941. The molecule has 2 aromatic heterocycles. The molecule has 0 saturated heterocycles. The summed E-state index contributed by atoms with van der Waals surface area (Å²) in [6, 6.07) is 3.45. The van der Waals surface area contributed by atoms with Crippen molar-refractivity contribution in [3.05, 3.63) is 41.5 Å². The summed E-state index contributed by atoms with van der Waals surface area (Å²) in [5.41, 5.74) is 1.26. The third-order valence-electron chi connectivity index (χ3n) is 2.19. The molecule has 1 amide bonds. The van der Waals surface area contributed by atoms with E-state index in [2.05, 4.69) is 15.5 Å². The lowest BCUT2D eigenvalue weighted by Crippen LogP contribution is -2.22. The topological polar surface area (TPSA) is 80.1 Å². The normalized spacial score (nSPS) is 10.4. The SMILES string of the molecule is COCc1cc(C(=O)NCc2cc[nH]c2)no1. The number of ether oxygens (including phenoxy) is 1. The molecule has 2 heterocycles. The summed E-state index contributed by atoms with van der Waals surface area (Å²) in [5, 5.41) is 6.39. The van der Waals surface area contributed by atoms with Crippen LogP contribution in [0.5, 0.6) is 0 Å². The van der Waals surface area contributed by atoms with Gasteiger partial charge in [0, 0.05) is 32.1 Å². The minimum Gasteiger partial charge on any atom is -0.377 e. The number of hydrogen-bond donors (Lipinski definition) is 2. The largest absolute Gasteiger partial charge is 0.377 e. The monoisotopic (exact) mass is 235 g/mol. The average Bonchev–Trinajstić information content (AvgIpc) is 2.97. The first-order valence-corrected chi connectivity index (χ1v) is 5.14. The Labute approximate surface area is 97.9 Å². The summed E-state index contributed by atoms with van der Waals surface area (Å²) in [5.74, 6) is 0.261. The molecule has 6 nitrogen and oxygen atoms in total. The number of rotatable bonds is 5. The third kappa shape index (κ3) is 2.94. The van der Waals surface area contributed by atoms with Crippen molar-refractivity contribution in [2.45, 2.75) is 13.2 Å². The second kappa shape index (κ2) is 5.31. The van der Waals surface area contributed by atoms with Gasteiger partial charge in [0.15, 0.2) is 11.5 Å². The molecule has 2 N–H and O–H groups in total. The fraction of sp³-hybridized carbons (Fsp3) is 0.273. The minimum atomic E-state index is -0.266. The summed E-state index contributed by atoms with van der Waals surface area (Å²) in [7, 11) is 1.55. The van der Waals surface area contributed by atoms with Crippen LogP contribution in [0, 0.1) is 0 Å². The Hall–Kier alpha value is -2.08. The van der Waals surface area contributed by atoms with Crippen molar-refractivity contribution >= 4 is 5.91 Å². The van der Waals surface area contributed by atoms with E-state index in [9.17, 15) is 4.79 Å². The molecule has 0 aliphatic heterocycles. The van der Waals surface area contributed by atoms with Gasteiger partial charge in [-0.25, -0.2) is 0 Å². The van der Waals surface area contributed by atoms with E-state index >= 15 is 0 Å². The molecule has 90 valence electrons. The Bertz CT molecular complexity index is 476. The van der Waals surface area contributed by atoms with Crippen molar-refractivity contribution < 1.29 is 14.1 Å². The quantitative estimate of drug-likeness (QED) is 0.812. The van der Waals surface area contributed by atoms with Gasteiger partial charge >= 0.3 is 0 Å². The van der Waals surface area contributed by atoms with Crippen LogP contribution in [-0.4, -0.2) is 23.2 Å². The zero-order valence-electron chi connectivity index (χ0n) is 9.40. The number of carbonyl (C=O) groups excluding carboxylic acids is 1. The van der Waals surface area contributed by atoms with Crippen molar-refractivity contribution in [3.8, 4) is 0 Å². The number of H-pyrrole nitrogens is 1. The molecule has 0 aliphatic rings. The molecule has 0 fully saturated rings. The molecule has 0 atom stereocenters. The lowest BCUT2D eigenvalue weighted by atomic mass is 10.3. The van der Waals surface area contributed by atoms with Gasteiger partial charge in [-0.05, 0) is 11.6 Å². The molecule has 0 radical (unpaired) electrons. The number of carbonyl (C=O) groups is 1. The Balaban J connectivity index is 1.90. The van der Waals surface area contributed by atoms with Crippen molar-refractivity contribution in [1.29, 1.82) is 0 Å². The Morgan fingerprint density at radius 3 is 3.24 bits per heavy atom. The summed E-state index contributed by atoms with van der Waals surface area (Å²) >= 11 is 0. The van der Waals surface area contributed by atoms with Crippen LogP contribution in [0.2, 0.25) is 0 Å². The highest BCUT2D eigenvalue weighted by Gasteiger charge is 2.11. The number of nitrogens with zero attached hydrogens (tertiary/aromatic N) is 1. The van der Waals surface area contributed by atoms with E-state index in [1.165, 1.54) is 0 Å². The predicted molar refractivity (Wildman–Crippen MR) is 59.2 cm³/mol. The van der Waals surface area contributed by atoms with Crippen LogP contribution in [0.25, 0.3) is 0 Å². The molecular formula is C11H13N3O3. The fourth-order valence-corrected chi connectivity index (χ4v) is 1.37. The van der Waals surface area contributed by atoms with E-state index in [0.29, 0.717) is 18.9 Å². The van der Waals surface area contributed by atoms with Gasteiger partial charge in [-0.3, -0.25) is 4.79 Å². The van der Waals surface area contributed by atoms with Crippen LogP contribution in [0.1, 0.15) is 21.8 Å². The maximum absolute atomic E-state index is 11.7. The average molecular weight is 235 g/mol. The van der Waals surface area contributed by atoms with Gasteiger partial charge in [-0.2, -0.15) is 0 Å². The maximum atomic E-state index is 11.7. The summed E-state index contributed by atoms with van der Waals surface area (Å²) in [4.78, 5) is 14.6. The smallest absolute Gasteiger partial charge is 0.273 e. The number of aromatic amines is 1. The van der Waals surface area contributed by atoms with Gasteiger partial charge in [0.05, 0.1) is 0 Å². The highest BCUT2D eigenvalue weighted by atomic mass is 16.5. The van der Waals surface area contributed by atoms with Crippen molar-refractivity contribution in [3.63, 3.8) is 0 Å². The van der Waals surface area contributed by atoms with Gasteiger partial charge < -0.3 is 19.6 Å². The van der Waals surface area contributed by atoms with E-state index in [1.807, 2.05) is 12.3 Å². The number of aromatic nitrogens is 2. The molecular weight excluding hydrogens is 222 g/mol. The Kier molecular flexibility index (Phi) is 3.56. The number of methoxy groups -OCH3 is 1. The lowest BCUT2D eigenvalue weighted by Gasteiger charge is -1.99. The zero-order valence-corrected chi connectivity index (χ0v) is 9.40. The van der Waals surface area contributed by atoms with E-state index in [1.54, 1.807) is 19.4 Å². The van der Waals surface area contributed by atoms with Crippen LogP contribution >= 0.6 is 0 Å². The number of nitrogens with one attached hydrogen (secondary N) is 2. The molecule has 0 unspecified atom stereocenters. The van der Waals surface area contributed by atoms with Crippen molar-refractivity contribution in [2.24, 2.45) is 0 Å². The van der Waals surface area contributed by atoms with Crippen LogP contribution < -0.4 is 5.32 Å². The highest BCUT2D eigenvalue weighted by molar-refractivity contribution is 5.92.